The number of sulfonamides is 2. The van der Waals surface area contributed by atoms with Gasteiger partial charge >= 0.3 is 0 Å². The average Bonchev–Trinajstić information content (AvgIpc) is 3.47. The highest BCUT2D eigenvalue weighted by molar-refractivity contribution is 7.88. The van der Waals surface area contributed by atoms with Gasteiger partial charge in [-0.15, -0.1) is 0 Å². The number of halogens is 2. The first-order valence-electron chi connectivity index (χ1n) is 9.10. The predicted molar refractivity (Wildman–Crippen MR) is 106 cm³/mol. The second-order valence-electron chi connectivity index (χ2n) is 7.00. The Morgan fingerprint density at radius 2 is 1.31 bits per heavy atom. The zero-order chi connectivity index (χ0) is 21.1. The van der Waals surface area contributed by atoms with Crippen molar-refractivity contribution in [2.24, 2.45) is 0 Å². The lowest BCUT2D eigenvalue weighted by Crippen LogP contribution is -2.40. The fourth-order valence-corrected chi connectivity index (χ4v) is 5.90. The maximum atomic E-state index is 13.0. The topological polar surface area (TPSA) is 83.6 Å². The fourth-order valence-electron chi connectivity index (χ4n) is 2.95. The summed E-state index contributed by atoms with van der Waals surface area (Å²) < 4.78 is 79.6. The summed E-state index contributed by atoms with van der Waals surface area (Å²) in [5.41, 5.74) is 0.899. The molecule has 1 aliphatic carbocycles. The number of hydrogen-bond acceptors (Lipinski definition) is 4. The monoisotopic (exact) mass is 444 g/mol. The van der Waals surface area contributed by atoms with Gasteiger partial charge < -0.3 is 0 Å². The lowest BCUT2D eigenvalue weighted by Gasteiger charge is -2.22. The van der Waals surface area contributed by atoms with E-state index in [2.05, 4.69) is 4.72 Å². The highest BCUT2D eigenvalue weighted by Gasteiger charge is 2.37. The molecule has 2 aromatic rings. The Bertz CT molecular complexity index is 1040. The minimum absolute atomic E-state index is 0.0108. The van der Waals surface area contributed by atoms with Gasteiger partial charge in [0.15, 0.2) is 0 Å². The SMILES string of the molecule is O=S(=O)(Cc1ccc(F)cc1)NCCN(C1CC1)S(=O)(=O)Cc1ccc(F)cc1. The lowest BCUT2D eigenvalue weighted by molar-refractivity contribution is 0.405. The zero-order valence-corrected chi connectivity index (χ0v) is 17.2. The van der Waals surface area contributed by atoms with E-state index in [1.807, 2.05) is 0 Å². The minimum Gasteiger partial charge on any atom is -0.214 e. The van der Waals surface area contributed by atoms with Crippen LogP contribution in [-0.4, -0.2) is 40.3 Å². The summed E-state index contributed by atoms with van der Waals surface area (Å²) in [4.78, 5) is 0. The van der Waals surface area contributed by atoms with Gasteiger partial charge in [0.25, 0.3) is 0 Å². The molecule has 158 valence electrons. The van der Waals surface area contributed by atoms with Crippen molar-refractivity contribution < 1.29 is 25.6 Å². The Morgan fingerprint density at radius 1 is 0.828 bits per heavy atom. The van der Waals surface area contributed by atoms with E-state index in [0.717, 1.165) is 12.8 Å². The minimum atomic E-state index is -3.69. The van der Waals surface area contributed by atoms with Crippen molar-refractivity contribution in [1.82, 2.24) is 9.03 Å². The molecule has 1 N–H and O–H groups in total. The van der Waals surface area contributed by atoms with Gasteiger partial charge in [0.1, 0.15) is 11.6 Å². The molecule has 0 bridgehead atoms. The lowest BCUT2D eigenvalue weighted by atomic mass is 10.2. The number of hydrogen-bond donors (Lipinski definition) is 1. The molecule has 0 atom stereocenters. The summed E-state index contributed by atoms with van der Waals surface area (Å²) in [7, 11) is -7.37. The van der Waals surface area contributed by atoms with Crippen molar-refractivity contribution >= 4 is 20.0 Å². The molecule has 0 aliphatic heterocycles. The molecule has 3 rings (SSSR count). The van der Waals surface area contributed by atoms with Crippen molar-refractivity contribution in [3.8, 4) is 0 Å². The first-order valence-corrected chi connectivity index (χ1v) is 12.4. The third kappa shape index (κ3) is 6.56. The van der Waals surface area contributed by atoms with Crippen molar-refractivity contribution in [1.29, 1.82) is 0 Å². The van der Waals surface area contributed by atoms with Gasteiger partial charge in [-0.25, -0.2) is 30.3 Å². The van der Waals surface area contributed by atoms with Crippen LogP contribution >= 0.6 is 0 Å². The van der Waals surface area contributed by atoms with Crippen LogP contribution in [0, 0.1) is 11.6 Å². The molecule has 1 fully saturated rings. The summed E-state index contributed by atoms with van der Waals surface area (Å²) in [6.07, 6.45) is 1.45. The smallest absolute Gasteiger partial charge is 0.214 e. The Balaban J connectivity index is 1.59. The van der Waals surface area contributed by atoms with Crippen molar-refractivity contribution in [3.05, 3.63) is 71.3 Å². The van der Waals surface area contributed by atoms with E-state index in [1.165, 1.54) is 52.8 Å². The van der Waals surface area contributed by atoms with Crippen LogP contribution in [0.1, 0.15) is 24.0 Å². The normalized spacial score (nSPS) is 15.0. The third-order valence-corrected chi connectivity index (χ3v) is 7.75. The number of nitrogens with zero attached hydrogens (tertiary/aromatic N) is 1. The molecule has 0 radical (unpaired) electrons. The van der Waals surface area contributed by atoms with E-state index in [4.69, 9.17) is 0 Å². The van der Waals surface area contributed by atoms with Crippen LogP contribution < -0.4 is 4.72 Å². The number of nitrogens with one attached hydrogen (secondary N) is 1. The van der Waals surface area contributed by atoms with Gasteiger partial charge in [-0.2, -0.15) is 4.31 Å². The van der Waals surface area contributed by atoms with E-state index >= 15 is 0 Å². The first kappa shape index (κ1) is 21.8. The summed E-state index contributed by atoms with van der Waals surface area (Å²) in [5, 5.41) is 0. The van der Waals surface area contributed by atoms with E-state index in [0.29, 0.717) is 11.1 Å². The Hall–Kier alpha value is -1.88. The predicted octanol–water partition coefficient (Wildman–Crippen LogP) is 2.38. The van der Waals surface area contributed by atoms with Crippen LogP contribution in [-0.2, 0) is 31.6 Å². The molecule has 1 aliphatic rings. The van der Waals surface area contributed by atoms with Gasteiger partial charge in [-0.1, -0.05) is 24.3 Å². The average molecular weight is 445 g/mol. The molecule has 2 aromatic carbocycles. The van der Waals surface area contributed by atoms with Gasteiger partial charge in [0.2, 0.25) is 20.0 Å². The number of rotatable bonds is 10. The summed E-state index contributed by atoms with van der Waals surface area (Å²) in [6.45, 7) is -0.0560. The molecule has 10 heteroatoms. The Labute approximate surface area is 169 Å². The molecule has 0 spiro atoms. The van der Waals surface area contributed by atoms with Crippen LogP contribution in [0.4, 0.5) is 8.78 Å². The van der Waals surface area contributed by atoms with E-state index in [-0.39, 0.29) is 30.6 Å². The molecule has 1 saturated carbocycles. The molecular weight excluding hydrogens is 422 g/mol. The first-order chi connectivity index (χ1) is 13.6. The molecule has 0 unspecified atom stereocenters. The molecule has 0 aromatic heterocycles. The highest BCUT2D eigenvalue weighted by Crippen LogP contribution is 2.30. The maximum Gasteiger partial charge on any atom is 0.218 e. The standard InChI is InChI=1S/C19H22F2N2O4S2/c20-17-5-1-15(2-6-17)13-28(24,25)22-11-12-23(19-9-10-19)29(26,27)14-16-3-7-18(21)8-4-16/h1-8,19,22H,9-14H2. The van der Waals surface area contributed by atoms with Crippen LogP contribution in [0.2, 0.25) is 0 Å². The second-order valence-corrected chi connectivity index (χ2v) is 10.7. The molecular formula is C19H22F2N2O4S2. The van der Waals surface area contributed by atoms with Crippen molar-refractivity contribution in [3.63, 3.8) is 0 Å². The van der Waals surface area contributed by atoms with Crippen molar-refractivity contribution in [2.45, 2.75) is 30.4 Å². The fraction of sp³-hybridized carbons (Fsp3) is 0.368. The zero-order valence-electron chi connectivity index (χ0n) is 15.6. The van der Waals surface area contributed by atoms with Crippen LogP contribution in [0.25, 0.3) is 0 Å². The van der Waals surface area contributed by atoms with Crippen LogP contribution in [0.15, 0.2) is 48.5 Å². The van der Waals surface area contributed by atoms with Gasteiger partial charge in [0.05, 0.1) is 11.5 Å². The Morgan fingerprint density at radius 3 is 1.79 bits per heavy atom. The van der Waals surface area contributed by atoms with Crippen LogP contribution in [0.5, 0.6) is 0 Å². The molecule has 0 saturated heterocycles. The van der Waals surface area contributed by atoms with E-state index in [9.17, 15) is 25.6 Å². The third-order valence-electron chi connectivity index (χ3n) is 4.50. The van der Waals surface area contributed by atoms with E-state index < -0.39 is 31.7 Å². The molecule has 0 amide bonds. The molecule has 6 nitrogen and oxygen atoms in total. The Kier molecular flexibility index (Phi) is 6.67. The van der Waals surface area contributed by atoms with Gasteiger partial charge in [-0.05, 0) is 48.2 Å². The van der Waals surface area contributed by atoms with Gasteiger partial charge in [0, 0.05) is 19.1 Å². The van der Waals surface area contributed by atoms with Gasteiger partial charge in [-0.3, -0.25) is 0 Å². The van der Waals surface area contributed by atoms with Crippen molar-refractivity contribution in [2.75, 3.05) is 13.1 Å². The van der Waals surface area contributed by atoms with Crippen LogP contribution in [0.3, 0.4) is 0 Å². The number of benzene rings is 2. The summed E-state index contributed by atoms with van der Waals surface area (Å²) >= 11 is 0. The van der Waals surface area contributed by atoms with E-state index in [1.54, 1.807) is 0 Å². The summed E-state index contributed by atoms with van der Waals surface area (Å²) in [6, 6.07) is 10.3. The largest absolute Gasteiger partial charge is 0.218 e. The highest BCUT2D eigenvalue weighted by atomic mass is 32.2. The maximum absolute atomic E-state index is 13.0. The molecule has 0 heterocycles. The summed E-state index contributed by atoms with van der Waals surface area (Å²) in [5.74, 6) is -1.49. The molecule has 29 heavy (non-hydrogen) atoms. The second kappa shape index (κ2) is 8.86. The quantitative estimate of drug-likeness (QED) is 0.610.